The second-order valence-corrected chi connectivity index (χ2v) is 9.37. The van der Waals surface area contributed by atoms with Crippen LogP contribution in [0.2, 0.25) is 0 Å². The van der Waals surface area contributed by atoms with Gasteiger partial charge in [-0.15, -0.1) is 0 Å². The van der Waals surface area contributed by atoms with E-state index in [4.69, 9.17) is 9.47 Å². The number of carbonyl (C=O) groups excluding carboxylic acids is 2. The van der Waals surface area contributed by atoms with Crippen molar-refractivity contribution < 1.29 is 19.1 Å². The normalized spacial score (nSPS) is 11.1. The van der Waals surface area contributed by atoms with Crippen molar-refractivity contribution in [1.82, 2.24) is 0 Å². The monoisotopic (exact) mass is 440 g/mol. The fraction of sp³-hybridized carbons (Fsp3) is 0.926. The number of carbonyl (C=O) groups is 2. The first-order valence-corrected chi connectivity index (χ1v) is 13.4. The molecule has 0 N–H and O–H groups in total. The Morgan fingerprint density at radius 3 is 1.26 bits per heavy atom. The first kappa shape index (κ1) is 29.9. The van der Waals surface area contributed by atoms with Gasteiger partial charge in [0.2, 0.25) is 6.79 Å². The highest BCUT2D eigenvalue weighted by atomic mass is 16.7. The van der Waals surface area contributed by atoms with Crippen molar-refractivity contribution >= 4 is 11.9 Å². The Morgan fingerprint density at radius 2 is 0.903 bits per heavy atom. The van der Waals surface area contributed by atoms with Gasteiger partial charge in [0.1, 0.15) is 0 Å². The summed E-state index contributed by atoms with van der Waals surface area (Å²) < 4.78 is 9.75. The molecule has 0 aromatic carbocycles. The Hall–Kier alpha value is -1.06. The minimum atomic E-state index is -0.337. The van der Waals surface area contributed by atoms with E-state index in [9.17, 15) is 9.59 Å². The molecule has 0 aliphatic rings. The van der Waals surface area contributed by atoms with Gasteiger partial charge in [-0.05, 0) is 6.42 Å². The molecule has 0 aliphatic carbocycles. The molecule has 0 spiro atoms. The number of esters is 2. The summed E-state index contributed by atoms with van der Waals surface area (Å²) in [7, 11) is 0. The molecule has 0 aromatic rings. The van der Waals surface area contributed by atoms with Crippen LogP contribution in [-0.4, -0.2) is 18.7 Å². The second kappa shape index (κ2) is 23.6. The molecule has 0 saturated heterocycles. The van der Waals surface area contributed by atoms with Gasteiger partial charge in [0, 0.05) is 6.42 Å². The van der Waals surface area contributed by atoms with Crippen LogP contribution in [0.3, 0.4) is 0 Å². The molecule has 0 unspecified atom stereocenters. The summed E-state index contributed by atoms with van der Waals surface area (Å²) in [5.74, 6) is -0.807. The maximum Gasteiger partial charge on any atom is 0.311 e. The maximum absolute atomic E-state index is 11.6. The molecule has 0 aliphatic heterocycles. The third kappa shape index (κ3) is 23.4. The molecule has 0 amide bonds. The first-order chi connectivity index (χ1) is 15.1. The first-order valence-electron chi connectivity index (χ1n) is 13.4. The Labute approximate surface area is 193 Å². The summed E-state index contributed by atoms with van der Waals surface area (Å²) in [6, 6.07) is 0. The highest BCUT2D eigenvalue weighted by molar-refractivity contribution is 5.72. The molecule has 0 atom stereocenters. The molecule has 4 nitrogen and oxygen atoms in total. The van der Waals surface area contributed by atoms with Crippen molar-refractivity contribution in [1.29, 1.82) is 0 Å². The van der Waals surface area contributed by atoms with Gasteiger partial charge >= 0.3 is 11.9 Å². The Morgan fingerprint density at radius 1 is 0.548 bits per heavy atom. The molecule has 4 heteroatoms. The summed E-state index contributed by atoms with van der Waals surface area (Å²) in [6.45, 7) is 5.53. The van der Waals surface area contributed by atoms with Gasteiger partial charge in [0.15, 0.2) is 0 Å². The Kier molecular flexibility index (Phi) is 22.8. The van der Waals surface area contributed by atoms with Crippen molar-refractivity contribution in [3.05, 3.63) is 0 Å². The predicted octanol–water partition coefficient (Wildman–Crippen LogP) is 8.51. The molecule has 0 radical (unpaired) electrons. The smallest absolute Gasteiger partial charge is 0.311 e. The van der Waals surface area contributed by atoms with Gasteiger partial charge in [-0.1, -0.05) is 136 Å². The highest BCUT2D eigenvalue weighted by Crippen LogP contribution is 2.15. The van der Waals surface area contributed by atoms with E-state index in [-0.39, 0.29) is 24.6 Å². The van der Waals surface area contributed by atoms with Crippen molar-refractivity contribution in [2.75, 3.05) is 6.79 Å². The fourth-order valence-corrected chi connectivity index (χ4v) is 3.74. The van der Waals surface area contributed by atoms with Gasteiger partial charge in [-0.3, -0.25) is 9.59 Å². The van der Waals surface area contributed by atoms with Crippen molar-refractivity contribution in [3.63, 3.8) is 0 Å². The summed E-state index contributed by atoms with van der Waals surface area (Å²) in [5.41, 5.74) is 0. The molecule has 0 rings (SSSR count). The molecular formula is C27H52O4. The Balaban J connectivity index is 3.16. The quantitative estimate of drug-likeness (QED) is 0.0907. The molecule has 0 aromatic heterocycles. The zero-order valence-corrected chi connectivity index (χ0v) is 21.1. The van der Waals surface area contributed by atoms with E-state index in [1.54, 1.807) is 13.8 Å². The molecule has 184 valence electrons. The lowest BCUT2D eigenvalue weighted by atomic mass is 10.0. The van der Waals surface area contributed by atoms with Crippen LogP contribution in [0.5, 0.6) is 0 Å². The van der Waals surface area contributed by atoms with Gasteiger partial charge in [-0.25, -0.2) is 0 Å². The van der Waals surface area contributed by atoms with Crippen LogP contribution >= 0.6 is 0 Å². The van der Waals surface area contributed by atoms with Gasteiger partial charge in [0.05, 0.1) is 5.92 Å². The van der Waals surface area contributed by atoms with E-state index in [1.807, 2.05) is 0 Å². The van der Waals surface area contributed by atoms with Gasteiger partial charge in [0.25, 0.3) is 0 Å². The van der Waals surface area contributed by atoms with Crippen LogP contribution in [0.4, 0.5) is 0 Å². The zero-order chi connectivity index (χ0) is 23.0. The van der Waals surface area contributed by atoms with E-state index in [0.29, 0.717) is 6.42 Å². The number of hydrogen-bond acceptors (Lipinski definition) is 4. The van der Waals surface area contributed by atoms with Crippen LogP contribution in [0.15, 0.2) is 0 Å². The van der Waals surface area contributed by atoms with Crippen molar-refractivity contribution in [3.8, 4) is 0 Å². The predicted molar refractivity (Wildman–Crippen MR) is 130 cm³/mol. The number of unbranched alkanes of at least 4 members (excludes halogenated alkanes) is 18. The summed E-state index contributed by atoms with van der Waals surface area (Å²) in [4.78, 5) is 22.8. The average molecular weight is 441 g/mol. The Bertz CT molecular complexity index is 406. The number of rotatable bonds is 23. The number of ether oxygens (including phenoxy) is 2. The van der Waals surface area contributed by atoms with Crippen LogP contribution < -0.4 is 0 Å². The van der Waals surface area contributed by atoms with Crippen molar-refractivity contribution in [2.45, 2.75) is 149 Å². The average Bonchev–Trinajstić information content (AvgIpc) is 2.75. The summed E-state index contributed by atoms with van der Waals surface area (Å²) in [5, 5.41) is 0. The zero-order valence-electron chi connectivity index (χ0n) is 21.1. The van der Waals surface area contributed by atoms with Gasteiger partial charge < -0.3 is 9.47 Å². The van der Waals surface area contributed by atoms with E-state index in [1.165, 1.54) is 109 Å². The lowest BCUT2D eigenvalue weighted by molar-refractivity contribution is -0.169. The van der Waals surface area contributed by atoms with Crippen molar-refractivity contribution in [2.24, 2.45) is 5.92 Å². The third-order valence-corrected chi connectivity index (χ3v) is 5.88. The van der Waals surface area contributed by atoms with Crippen LogP contribution in [0.25, 0.3) is 0 Å². The molecule has 0 fully saturated rings. The number of hydrogen-bond donors (Lipinski definition) is 0. The maximum atomic E-state index is 11.6. The molecule has 0 heterocycles. The van der Waals surface area contributed by atoms with Crippen LogP contribution in [0.1, 0.15) is 149 Å². The van der Waals surface area contributed by atoms with E-state index in [0.717, 1.165) is 12.8 Å². The molecular weight excluding hydrogens is 388 g/mol. The molecule has 0 saturated carbocycles. The minimum Gasteiger partial charge on any atom is -0.428 e. The standard InChI is InChI=1S/C27H52O4/c1-4-5-6-7-8-9-10-11-12-13-14-15-16-17-18-19-20-21-22-23-26(28)30-24-31-27(29)25(2)3/h25H,4-24H2,1-3H3. The topological polar surface area (TPSA) is 52.6 Å². The third-order valence-electron chi connectivity index (χ3n) is 5.88. The van der Waals surface area contributed by atoms with E-state index < -0.39 is 0 Å². The van der Waals surface area contributed by atoms with Gasteiger partial charge in [-0.2, -0.15) is 0 Å². The second-order valence-electron chi connectivity index (χ2n) is 9.37. The van der Waals surface area contributed by atoms with E-state index >= 15 is 0 Å². The molecule has 31 heavy (non-hydrogen) atoms. The lowest BCUT2D eigenvalue weighted by Crippen LogP contribution is -2.16. The van der Waals surface area contributed by atoms with E-state index in [2.05, 4.69) is 6.92 Å². The lowest BCUT2D eigenvalue weighted by Gasteiger charge is -2.08. The SMILES string of the molecule is CCCCCCCCCCCCCCCCCCCCCC(=O)OCOC(=O)C(C)C. The van der Waals surface area contributed by atoms with Crippen LogP contribution in [-0.2, 0) is 19.1 Å². The summed E-state index contributed by atoms with van der Waals surface area (Å²) in [6.07, 6.45) is 25.9. The highest BCUT2D eigenvalue weighted by Gasteiger charge is 2.09. The largest absolute Gasteiger partial charge is 0.428 e. The van der Waals surface area contributed by atoms with Crippen LogP contribution in [0, 0.1) is 5.92 Å². The molecule has 0 bridgehead atoms. The fourth-order valence-electron chi connectivity index (χ4n) is 3.74. The minimum absolute atomic E-state index is 0.196. The summed E-state index contributed by atoms with van der Waals surface area (Å²) >= 11 is 0.